The molecule has 98 valence electrons. The highest BCUT2D eigenvalue weighted by Gasteiger charge is 2.53. The highest BCUT2D eigenvalue weighted by atomic mass is 16.8. The van der Waals surface area contributed by atoms with Gasteiger partial charge in [-0.2, -0.15) is 0 Å². The second-order valence-corrected chi connectivity index (χ2v) is 5.48. The van der Waals surface area contributed by atoms with E-state index in [0.717, 1.165) is 0 Å². The quantitative estimate of drug-likeness (QED) is 0.721. The van der Waals surface area contributed by atoms with E-state index in [1.165, 1.54) is 4.90 Å². The van der Waals surface area contributed by atoms with Gasteiger partial charge >= 0.3 is 6.09 Å². The average molecular weight is 245 g/mol. The van der Waals surface area contributed by atoms with Gasteiger partial charge in [0.05, 0.1) is 26.3 Å². The lowest BCUT2D eigenvalue weighted by Crippen LogP contribution is -2.65. The molecular formula is C11H19NO5. The predicted molar refractivity (Wildman–Crippen MR) is 58.4 cm³/mol. The van der Waals surface area contributed by atoms with Crippen molar-refractivity contribution in [1.29, 1.82) is 0 Å². The molecule has 1 unspecified atom stereocenters. The first-order chi connectivity index (χ1) is 7.84. The number of hydrogen-bond donors (Lipinski definition) is 1. The highest BCUT2D eigenvalue weighted by molar-refractivity contribution is 5.69. The van der Waals surface area contributed by atoms with Crippen LogP contribution in [0.1, 0.15) is 20.8 Å². The van der Waals surface area contributed by atoms with Crippen LogP contribution in [0.25, 0.3) is 0 Å². The van der Waals surface area contributed by atoms with Crippen LogP contribution in [-0.2, 0) is 14.2 Å². The van der Waals surface area contributed by atoms with Gasteiger partial charge in [0.1, 0.15) is 11.7 Å². The molecule has 2 aliphatic heterocycles. The molecule has 1 N–H and O–H groups in total. The van der Waals surface area contributed by atoms with Crippen LogP contribution in [0, 0.1) is 0 Å². The maximum absolute atomic E-state index is 11.7. The van der Waals surface area contributed by atoms with Crippen molar-refractivity contribution in [3.8, 4) is 0 Å². The molecular weight excluding hydrogens is 226 g/mol. The summed E-state index contributed by atoms with van der Waals surface area (Å²) in [6.45, 7) is 6.50. The summed E-state index contributed by atoms with van der Waals surface area (Å²) < 4.78 is 16.2. The number of amides is 1. The van der Waals surface area contributed by atoms with E-state index in [-0.39, 0.29) is 18.8 Å². The van der Waals surface area contributed by atoms with Gasteiger partial charge in [0.25, 0.3) is 0 Å². The number of hydrogen-bond acceptors (Lipinski definition) is 5. The fourth-order valence-electron chi connectivity index (χ4n) is 1.86. The normalized spacial score (nSPS) is 27.1. The van der Waals surface area contributed by atoms with Crippen molar-refractivity contribution in [2.45, 2.75) is 38.3 Å². The fourth-order valence-corrected chi connectivity index (χ4v) is 1.86. The van der Waals surface area contributed by atoms with E-state index in [2.05, 4.69) is 0 Å². The first kappa shape index (κ1) is 12.6. The van der Waals surface area contributed by atoms with Crippen molar-refractivity contribution in [3.63, 3.8) is 0 Å². The zero-order valence-corrected chi connectivity index (χ0v) is 10.4. The Balaban J connectivity index is 1.81. The third-order valence-electron chi connectivity index (χ3n) is 2.63. The zero-order valence-electron chi connectivity index (χ0n) is 10.4. The Morgan fingerprint density at radius 2 is 2.18 bits per heavy atom. The van der Waals surface area contributed by atoms with Crippen molar-refractivity contribution in [1.82, 2.24) is 4.90 Å². The van der Waals surface area contributed by atoms with Crippen LogP contribution in [-0.4, -0.2) is 59.9 Å². The summed E-state index contributed by atoms with van der Waals surface area (Å²) in [6.07, 6.45) is -0.640. The van der Waals surface area contributed by atoms with Gasteiger partial charge in [0, 0.05) is 0 Å². The number of ether oxygens (including phenoxy) is 3. The molecule has 17 heavy (non-hydrogen) atoms. The number of aliphatic hydroxyl groups is 1. The number of carbonyl (C=O) groups excluding carboxylic acids is 1. The van der Waals surface area contributed by atoms with Gasteiger partial charge in [0.2, 0.25) is 5.79 Å². The lowest BCUT2D eigenvalue weighted by molar-refractivity contribution is -0.240. The third-order valence-corrected chi connectivity index (χ3v) is 2.63. The van der Waals surface area contributed by atoms with E-state index in [4.69, 9.17) is 19.3 Å². The molecule has 0 aromatic rings. The number of rotatable bonds is 1. The number of carbonyl (C=O) groups is 1. The number of nitrogens with zero attached hydrogens (tertiary/aromatic N) is 1. The molecule has 0 aromatic heterocycles. The molecule has 6 nitrogen and oxygen atoms in total. The van der Waals surface area contributed by atoms with E-state index < -0.39 is 11.4 Å². The Morgan fingerprint density at radius 3 is 2.65 bits per heavy atom. The first-order valence-corrected chi connectivity index (χ1v) is 5.74. The second-order valence-electron chi connectivity index (χ2n) is 5.48. The van der Waals surface area contributed by atoms with E-state index in [1.54, 1.807) is 0 Å². The van der Waals surface area contributed by atoms with Gasteiger partial charge in [-0.1, -0.05) is 0 Å². The Labute approximate surface area is 100 Å². The predicted octanol–water partition coefficient (Wildman–Crippen LogP) is 0.341. The molecule has 0 bridgehead atoms. The molecule has 2 aliphatic rings. The number of likely N-dealkylation sites (tertiary alicyclic amines) is 1. The molecule has 1 atom stereocenters. The molecule has 0 aromatic carbocycles. The summed E-state index contributed by atoms with van der Waals surface area (Å²) in [5.74, 6) is -0.718. The molecule has 2 fully saturated rings. The smallest absolute Gasteiger partial charge is 0.410 e. The largest absolute Gasteiger partial charge is 0.444 e. The minimum absolute atomic E-state index is 0.0613. The molecule has 1 spiro atoms. The van der Waals surface area contributed by atoms with Crippen LogP contribution in [0.15, 0.2) is 0 Å². The van der Waals surface area contributed by atoms with E-state index >= 15 is 0 Å². The molecule has 0 saturated carbocycles. The summed E-state index contributed by atoms with van der Waals surface area (Å²) in [5, 5.41) is 8.94. The molecule has 2 rings (SSSR count). The van der Waals surface area contributed by atoms with Crippen molar-refractivity contribution >= 4 is 6.09 Å². The Hall–Kier alpha value is -0.850. The molecule has 2 heterocycles. The van der Waals surface area contributed by atoms with Gasteiger partial charge < -0.3 is 19.3 Å². The Morgan fingerprint density at radius 1 is 1.53 bits per heavy atom. The molecule has 1 amide bonds. The van der Waals surface area contributed by atoms with Gasteiger partial charge in [-0.3, -0.25) is 4.90 Å². The average Bonchev–Trinajstić information content (AvgIpc) is 2.56. The lowest BCUT2D eigenvalue weighted by atomic mass is 10.1. The minimum atomic E-state index is -0.718. The van der Waals surface area contributed by atoms with Crippen molar-refractivity contribution in [2.75, 3.05) is 26.3 Å². The molecule has 0 radical (unpaired) electrons. The standard InChI is InChI=1S/C11H19NO5/c1-10(2,3)17-9(14)12-6-11(7-12)15-5-8(4-13)16-11/h8,13H,4-7H2,1-3H3. The van der Waals surface area contributed by atoms with Crippen molar-refractivity contribution in [2.24, 2.45) is 0 Å². The number of aliphatic hydroxyl groups excluding tert-OH is 1. The monoisotopic (exact) mass is 245 g/mol. The fraction of sp³-hybridized carbons (Fsp3) is 0.909. The Bertz CT molecular complexity index is 305. The van der Waals surface area contributed by atoms with Crippen molar-refractivity contribution in [3.05, 3.63) is 0 Å². The zero-order chi connectivity index (χ0) is 12.7. The summed E-state index contributed by atoms with van der Waals surface area (Å²) in [6, 6.07) is 0. The summed E-state index contributed by atoms with van der Waals surface area (Å²) in [7, 11) is 0. The third kappa shape index (κ3) is 2.70. The van der Waals surface area contributed by atoms with E-state index in [1.807, 2.05) is 20.8 Å². The Kier molecular flexibility index (Phi) is 3.05. The maximum atomic E-state index is 11.7. The van der Waals surface area contributed by atoms with Crippen LogP contribution in [0.2, 0.25) is 0 Å². The molecule has 6 heteroatoms. The summed E-state index contributed by atoms with van der Waals surface area (Å²) in [4.78, 5) is 13.2. The van der Waals surface area contributed by atoms with Crippen LogP contribution < -0.4 is 0 Å². The SMILES string of the molecule is CC(C)(C)OC(=O)N1CC2(C1)OCC(CO)O2. The maximum Gasteiger partial charge on any atom is 0.410 e. The van der Waals surface area contributed by atoms with Gasteiger partial charge in [-0.25, -0.2) is 4.79 Å². The second kappa shape index (κ2) is 4.12. The topological polar surface area (TPSA) is 68.2 Å². The molecule has 2 saturated heterocycles. The minimum Gasteiger partial charge on any atom is -0.444 e. The molecule has 0 aliphatic carbocycles. The van der Waals surface area contributed by atoms with E-state index in [0.29, 0.717) is 19.7 Å². The van der Waals surface area contributed by atoms with Crippen LogP contribution in [0.4, 0.5) is 4.79 Å². The van der Waals surface area contributed by atoms with Crippen LogP contribution in [0.3, 0.4) is 0 Å². The summed E-state index contributed by atoms with van der Waals surface area (Å²) >= 11 is 0. The summed E-state index contributed by atoms with van der Waals surface area (Å²) in [5.41, 5.74) is -0.495. The van der Waals surface area contributed by atoms with Crippen LogP contribution >= 0.6 is 0 Å². The van der Waals surface area contributed by atoms with Gasteiger partial charge in [0.15, 0.2) is 0 Å². The highest BCUT2D eigenvalue weighted by Crippen LogP contribution is 2.33. The van der Waals surface area contributed by atoms with E-state index in [9.17, 15) is 4.79 Å². The van der Waals surface area contributed by atoms with Crippen LogP contribution in [0.5, 0.6) is 0 Å². The first-order valence-electron chi connectivity index (χ1n) is 5.74. The lowest BCUT2D eigenvalue weighted by Gasteiger charge is -2.45. The van der Waals surface area contributed by atoms with Gasteiger partial charge in [-0.05, 0) is 20.8 Å². The van der Waals surface area contributed by atoms with Crippen molar-refractivity contribution < 1.29 is 24.1 Å². The van der Waals surface area contributed by atoms with Gasteiger partial charge in [-0.15, -0.1) is 0 Å².